The zero-order valence-electron chi connectivity index (χ0n) is 26.0. The first-order chi connectivity index (χ1) is 22.5. The van der Waals surface area contributed by atoms with Crippen molar-refractivity contribution in [2.24, 2.45) is 23.7 Å². The van der Waals surface area contributed by atoms with Crippen molar-refractivity contribution in [2.45, 2.75) is 64.5 Å². The first-order valence-electron chi connectivity index (χ1n) is 15.9. The maximum atomic E-state index is 9.15. The summed E-state index contributed by atoms with van der Waals surface area (Å²) in [5.41, 5.74) is 5.33. The molecule has 0 unspecified atom stereocenters. The number of fused-ring (bicyclic) bond motifs is 2. The predicted molar refractivity (Wildman–Crippen MR) is 173 cm³/mol. The van der Waals surface area contributed by atoms with Crippen LogP contribution in [-0.2, 0) is 0 Å². The smallest absolute Gasteiger partial charge is 0.141 e. The molecule has 0 saturated heterocycles. The predicted octanol–water partition coefficient (Wildman–Crippen LogP) is 6.64. The van der Waals surface area contributed by atoms with Crippen LogP contribution in [-0.4, -0.2) is 49.5 Å². The standard InChI is InChI=1S/2C17H18N6/c2*1-11-6-12(7-11)15(2-4-18)23-9-13(8-22-23)16-14-3-5-19-17(14)21-10-20-16/h2*3,5,8-12,15H,2,6-7H2,1H3,(H,19,20,21)/t2*11?,12?,15-/m10/s1. The van der Waals surface area contributed by atoms with E-state index in [1.165, 1.54) is 25.7 Å². The van der Waals surface area contributed by atoms with E-state index in [9.17, 15) is 0 Å². The Morgan fingerprint density at radius 3 is 1.54 bits per heavy atom. The van der Waals surface area contributed by atoms with Crippen LogP contribution in [0.2, 0.25) is 0 Å². The molecule has 12 nitrogen and oxygen atoms in total. The van der Waals surface area contributed by atoms with Crippen molar-refractivity contribution in [3.8, 4) is 34.7 Å². The van der Waals surface area contributed by atoms with Gasteiger partial charge in [-0.25, -0.2) is 19.9 Å². The van der Waals surface area contributed by atoms with Gasteiger partial charge >= 0.3 is 0 Å². The van der Waals surface area contributed by atoms with Gasteiger partial charge in [0.15, 0.2) is 0 Å². The lowest BCUT2D eigenvalue weighted by molar-refractivity contribution is 0.134. The Morgan fingerprint density at radius 2 is 1.15 bits per heavy atom. The summed E-state index contributed by atoms with van der Waals surface area (Å²) in [6, 6.07) is 8.90. The maximum absolute atomic E-state index is 9.15. The summed E-state index contributed by atoms with van der Waals surface area (Å²) in [4.78, 5) is 23.5. The van der Waals surface area contributed by atoms with E-state index in [1.807, 2.05) is 58.7 Å². The van der Waals surface area contributed by atoms with E-state index < -0.39 is 0 Å². The quantitative estimate of drug-likeness (QED) is 0.193. The molecule has 0 radical (unpaired) electrons. The number of aromatic nitrogens is 10. The van der Waals surface area contributed by atoms with Crippen LogP contribution in [0.4, 0.5) is 0 Å². The largest absolute Gasteiger partial charge is 0.346 e. The zero-order valence-corrected chi connectivity index (χ0v) is 26.0. The third kappa shape index (κ3) is 5.63. The molecule has 2 aliphatic rings. The lowest BCUT2D eigenvalue weighted by Gasteiger charge is -2.37. The van der Waals surface area contributed by atoms with Crippen LogP contribution in [0.1, 0.15) is 64.5 Å². The lowest BCUT2D eigenvalue weighted by Crippen LogP contribution is -2.30. The first kappa shape index (κ1) is 29.4. The Labute approximate surface area is 266 Å². The van der Waals surface area contributed by atoms with Crippen LogP contribution in [0, 0.1) is 46.3 Å². The van der Waals surface area contributed by atoms with Crippen LogP contribution in [0.3, 0.4) is 0 Å². The highest BCUT2D eigenvalue weighted by molar-refractivity contribution is 5.90. The van der Waals surface area contributed by atoms with Gasteiger partial charge in [0.2, 0.25) is 0 Å². The molecule has 0 amide bonds. The van der Waals surface area contributed by atoms with Gasteiger partial charge in [-0.2, -0.15) is 20.7 Å². The van der Waals surface area contributed by atoms with E-state index in [1.54, 1.807) is 12.7 Å². The number of hydrogen-bond acceptors (Lipinski definition) is 8. The second kappa shape index (κ2) is 12.6. The minimum atomic E-state index is 0.161. The summed E-state index contributed by atoms with van der Waals surface area (Å²) in [7, 11) is 0. The summed E-state index contributed by atoms with van der Waals surface area (Å²) < 4.78 is 3.91. The molecular weight excluding hydrogens is 576 g/mol. The molecule has 12 heteroatoms. The average Bonchev–Trinajstić information content (AvgIpc) is 3.86. The fraction of sp³-hybridized carbons (Fsp3) is 0.412. The molecule has 2 fully saturated rings. The van der Waals surface area contributed by atoms with Crippen molar-refractivity contribution in [1.82, 2.24) is 49.5 Å². The Hall–Kier alpha value is -5.36. The lowest BCUT2D eigenvalue weighted by atomic mass is 9.71. The fourth-order valence-electron chi connectivity index (χ4n) is 7.19. The molecule has 2 saturated carbocycles. The minimum Gasteiger partial charge on any atom is -0.346 e. The molecule has 2 atom stereocenters. The van der Waals surface area contributed by atoms with E-state index in [0.717, 1.165) is 56.4 Å². The molecule has 6 aromatic rings. The van der Waals surface area contributed by atoms with Gasteiger partial charge in [-0.05, 0) is 61.5 Å². The molecule has 0 spiro atoms. The van der Waals surface area contributed by atoms with Crippen LogP contribution in [0.5, 0.6) is 0 Å². The van der Waals surface area contributed by atoms with E-state index in [4.69, 9.17) is 10.5 Å². The molecule has 46 heavy (non-hydrogen) atoms. The Morgan fingerprint density at radius 1 is 0.717 bits per heavy atom. The fourth-order valence-corrected chi connectivity index (χ4v) is 7.19. The zero-order chi connectivity index (χ0) is 31.6. The highest BCUT2D eigenvalue weighted by Crippen LogP contribution is 2.43. The number of rotatable bonds is 8. The van der Waals surface area contributed by atoms with Crippen molar-refractivity contribution in [1.29, 1.82) is 10.5 Å². The number of nitrogens with zero attached hydrogens (tertiary/aromatic N) is 10. The highest BCUT2D eigenvalue weighted by Gasteiger charge is 2.35. The van der Waals surface area contributed by atoms with Crippen molar-refractivity contribution in [2.75, 3.05) is 0 Å². The Bertz CT molecular complexity index is 1880. The second-order valence-corrected chi connectivity index (χ2v) is 12.9. The summed E-state index contributed by atoms with van der Waals surface area (Å²) in [5.74, 6) is 2.63. The third-order valence-electron chi connectivity index (χ3n) is 9.65. The average molecular weight is 613 g/mol. The highest BCUT2D eigenvalue weighted by atomic mass is 15.3. The van der Waals surface area contributed by atoms with Crippen molar-refractivity contribution >= 4 is 22.1 Å². The molecule has 6 aromatic heterocycles. The van der Waals surface area contributed by atoms with Gasteiger partial charge < -0.3 is 9.97 Å². The molecule has 2 aliphatic carbocycles. The first-order valence-corrected chi connectivity index (χ1v) is 15.9. The molecule has 0 bridgehead atoms. The molecule has 232 valence electrons. The van der Waals surface area contributed by atoms with Gasteiger partial charge in [0.1, 0.15) is 23.9 Å². The molecule has 6 heterocycles. The van der Waals surface area contributed by atoms with E-state index in [0.29, 0.717) is 24.7 Å². The van der Waals surface area contributed by atoms with Crippen molar-refractivity contribution < 1.29 is 0 Å². The third-order valence-corrected chi connectivity index (χ3v) is 9.65. The summed E-state index contributed by atoms with van der Waals surface area (Å²) in [5, 5.41) is 29.3. The normalized spacial score (nSPS) is 21.7. The number of hydrogen-bond donors (Lipinski definition) is 2. The second-order valence-electron chi connectivity index (χ2n) is 12.9. The van der Waals surface area contributed by atoms with Gasteiger partial charge in [-0.1, -0.05) is 13.8 Å². The SMILES string of the molecule is CC1CC([C@@H](CC#N)n2cc(-c3ncnc4[nH]ccc34)cn2)C1.CC1CC([C@H](CC#N)n2cc(-c3ncnc4[nH]ccc34)cn2)C1. The molecule has 8 rings (SSSR count). The topological polar surface area (TPSA) is 166 Å². The van der Waals surface area contributed by atoms with Crippen LogP contribution in [0.15, 0.2) is 62.0 Å². The maximum Gasteiger partial charge on any atom is 0.141 e. The van der Waals surface area contributed by atoms with Gasteiger partial charge in [-0.15, -0.1) is 0 Å². The van der Waals surface area contributed by atoms with E-state index in [-0.39, 0.29) is 12.1 Å². The number of nitrogens with one attached hydrogen (secondary N) is 2. The number of nitriles is 2. The van der Waals surface area contributed by atoms with Gasteiger partial charge in [0, 0.05) is 46.7 Å². The summed E-state index contributed by atoms with van der Waals surface area (Å²) in [6.45, 7) is 4.52. The Kier molecular flexibility index (Phi) is 8.02. The van der Waals surface area contributed by atoms with Crippen LogP contribution in [0.25, 0.3) is 44.6 Å². The molecule has 2 N–H and O–H groups in total. The van der Waals surface area contributed by atoms with Crippen molar-refractivity contribution in [3.63, 3.8) is 0 Å². The monoisotopic (exact) mass is 612 g/mol. The number of aromatic amines is 2. The van der Waals surface area contributed by atoms with Crippen molar-refractivity contribution in [3.05, 3.63) is 62.0 Å². The van der Waals surface area contributed by atoms with Gasteiger partial charge in [-0.3, -0.25) is 9.36 Å². The van der Waals surface area contributed by atoms with Gasteiger partial charge in [0.25, 0.3) is 0 Å². The number of H-pyrrole nitrogens is 2. The Balaban J connectivity index is 0.000000147. The van der Waals surface area contributed by atoms with Crippen LogP contribution < -0.4 is 0 Å². The molecular formula is C34H36N12. The molecule has 0 aromatic carbocycles. The summed E-state index contributed by atoms with van der Waals surface area (Å²) >= 11 is 0. The van der Waals surface area contributed by atoms with Gasteiger partial charge in [0.05, 0.1) is 60.8 Å². The van der Waals surface area contributed by atoms with E-state index in [2.05, 4.69) is 66.1 Å². The minimum absolute atomic E-state index is 0.161. The van der Waals surface area contributed by atoms with E-state index >= 15 is 0 Å². The summed E-state index contributed by atoms with van der Waals surface area (Å²) in [6.07, 6.45) is 20.3. The molecule has 0 aliphatic heterocycles. The van der Waals surface area contributed by atoms with Crippen LogP contribution >= 0.6 is 0 Å².